The molecule has 108 valence electrons. The molecule has 0 atom stereocenters. The summed E-state index contributed by atoms with van der Waals surface area (Å²) in [6.45, 7) is 4.97. The van der Waals surface area contributed by atoms with Crippen LogP contribution in [-0.4, -0.2) is 16.7 Å². The molecule has 0 aliphatic heterocycles. The molecular formula is C17H19N3O. The van der Waals surface area contributed by atoms with Crippen molar-refractivity contribution in [3.8, 4) is 17.1 Å². The number of aromatic nitrogens is 2. The van der Waals surface area contributed by atoms with Crippen LogP contribution in [0.2, 0.25) is 0 Å². The van der Waals surface area contributed by atoms with Crippen molar-refractivity contribution in [1.82, 2.24) is 9.55 Å². The second kappa shape index (κ2) is 5.13. The van der Waals surface area contributed by atoms with Gasteiger partial charge in [0.15, 0.2) is 0 Å². The molecule has 3 aromatic rings. The normalized spacial score (nSPS) is 11.0. The van der Waals surface area contributed by atoms with Gasteiger partial charge in [-0.15, -0.1) is 0 Å². The number of nitrogen functional groups attached to an aromatic ring is 1. The lowest BCUT2D eigenvalue weighted by Gasteiger charge is -2.10. The van der Waals surface area contributed by atoms with Gasteiger partial charge >= 0.3 is 0 Å². The summed E-state index contributed by atoms with van der Waals surface area (Å²) in [5.74, 6) is 1.72. The highest BCUT2D eigenvalue weighted by molar-refractivity contribution is 5.85. The molecule has 1 aromatic heterocycles. The van der Waals surface area contributed by atoms with E-state index in [-0.39, 0.29) is 0 Å². The fourth-order valence-electron chi connectivity index (χ4n) is 2.64. The van der Waals surface area contributed by atoms with Crippen LogP contribution in [0.25, 0.3) is 22.4 Å². The maximum atomic E-state index is 6.24. The van der Waals surface area contributed by atoms with Crippen LogP contribution in [-0.2, 0) is 6.54 Å². The Morgan fingerprint density at radius 3 is 2.76 bits per heavy atom. The van der Waals surface area contributed by atoms with E-state index in [2.05, 4.69) is 11.5 Å². The molecule has 4 heteroatoms. The standard InChI is InChI=1S/C17H19N3O/c1-4-20-15-9-8-12(21-3)10-14(15)19-17(20)13-7-5-6-11(2)16(13)18/h5-10H,4,18H2,1-3H3. The number of anilines is 1. The number of nitrogens with zero attached hydrogens (tertiary/aromatic N) is 2. The highest BCUT2D eigenvalue weighted by Crippen LogP contribution is 2.31. The van der Waals surface area contributed by atoms with E-state index in [0.717, 1.165) is 46.0 Å². The Kier molecular flexibility index (Phi) is 3.29. The number of benzene rings is 2. The fourth-order valence-corrected chi connectivity index (χ4v) is 2.64. The maximum Gasteiger partial charge on any atom is 0.143 e. The molecule has 0 aliphatic rings. The summed E-state index contributed by atoms with van der Waals surface area (Å²) >= 11 is 0. The molecule has 0 unspecified atom stereocenters. The van der Waals surface area contributed by atoms with Gasteiger partial charge in [-0.1, -0.05) is 12.1 Å². The number of imidazole rings is 1. The van der Waals surface area contributed by atoms with Gasteiger partial charge in [0.05, 0.1) is 18.1 Å². The summed E-state index contributed by atoms with van der Waals surface area (Å²) in [5.41, 5.74) is 11.1. The molecule has 0 fully saturated rings. The van der Waals surface area contributed by atoms with Crippen LogP contribution < -0.4 is 10.5 Å². The first-order valence-corrected chi connectivity index (χ1v) is 7.05. The van der Waals surface area contributed by atoms with E-state index in [1.807, 2.05) is 43.3 Å². The van der Waals surface area contributed by atoms with Crippen LogP contribution in [0, 0.1) is 6.92 Å². The van der Waals surface area contributed by atoms with E-state index < -0.39 is 0 Å². The first-order valence-electron chi connectivity index (χ1n) is 7.05. The SMILES string of the molecule is CCn1c(-c2cccc(C)c2N)nc2cc(OC)ccc21. The van der Waals surface area contributed by atoms with Crippen LogP contribution in [0.4, 0.5) is 5.69 Å². The zero-order chi connectivity index (χ0) is 15.0. The van der Waals surface area contributed by atoms with Gasteiger partial charge in [-0.25, -0.2) is 4.98 Å². The molecule has 3 rings (SSSR count). The van der Waals surface area contributed by atoms with Crippen molar-refractivity contribution in [3.63, 3.8) is 0 Å². The Morgan fingerprint density at radius 1 is 1.24 bits per heavy atom. The van der Waals surface area contributed by atoms with Crippen LogP contribution in [0.1, 0.15) is 12.5 Å². The third-order valence-corrected chi connectivity index (χ3v) is 3.84. The average Bonchev–Trinajstić information content (AvgIpc) is 2.87. The van der Waals surface area contributed by atoms with E-state index in [9.17, 15) is 0 Å². The van der Waals surface area contributed by atoms with Crippen molar-refractivity contribution in [2.45, 2.75) is 20.4 Å². The third kappa shape index (κ3) is 2.13. The van der Waals surface area contributed by atoms with E-state index in [0.29, 0.717) is 0 Å². The molecule has 0 saturated heterocycles. The molecule has 0 aliphatic carbocycles. The van der Waals surface area contributed by atoms with E-state index in [4.69, 9.17) is 15.5 Å². The predicted molar refractivity (Wildman–Crippen MR) is 86.5 cm³/mol. The van der Waals surface area contributed by atoms with Crippen LogP contribution in [0.15, 0.2) is 36.4 Å². The van der Waals surface area contributed by atoms with Gasteiger partial charge in [0.2, 0.25) is 0 Å². The molecule has 0 saturated carbocycles. The van der Waals surface area contributed by atoms with Crippen LogP contribution in [0.5, 0.6) is 5.75 Å². The molecule has 21 heavy (non-hydrogen) atoms. The summed E-state index contributed by atoms with van der Waals surface area (Å²) in [4.78, 5) is 4.77. The number of hydrogen-bond donors (Lipinski definition) is 1. The Labute approximate surface area is 124 Å². The smallest absolute Gasteiger partial charge is 0.143 e. The summed E-state index contributed by atoms with van der Waals surface area (Å²) in [5, 5.41) is 0. The van der Waals surface area contributed by atoms with Gasteiger partial charge in [0.25, 0.3) is 0 Å². The van der Waals surface area contributed by atoms with Crippen molar-refractivity contribution in [2.24, 2.45) is 0 Å². The predicted octanol–water partition coefficient (Wildman–Crippen LogP) is 3.62. The minimum atomic E-state index is 0.787. The Balaban J connectivity index is 2.29. The van der Waals surface area contributed by atoms with Gasteiger partial charge in [0.1, 0.15) is 11.6 Å². The number of fused-ring (bicyclic) bond motifs is 1. The summed E-state index contributed by atoms with van der Waals surface area (Å²) < 4.78 is 7.46. The first kappa shape index (κ1) is 13.5. The van der Waals surface area contributed by atoms with Crippen molar-refractivity contribution >= 4 is 16.7 Å². The monoisotopic (exact) mass is 281 g/mol. The molecule has 0 amide bonds. The van der Waals surface area contributed by atoms with E-state index >= 15 is 0 Å². The molecular weight excluding hydrogens is 262 g/mol. The van der Waals surface area contributed by atoms with Crippen molar-refractivity contribution < 1.29 is 4.74 Å². The Morgan fingerprint density at radius 2 is 2.05 bits per heavy atom. The Hall–Kier alpha value is -2.49. The van der Waals surface area contributed by atoms with E-state index in [1.165, 1.54) is 0 Å². The molecule has 1 heterocycles. The lowest BCUT2D eigenvalue weighted by Crippen LogP contribution is -2.01. The molecule has 0 radical (unpaired) electrons. The van der Waals surface area contributed by atoms with Gasteiger partial charge in [-0.2, -0.15) is 0 Å². The average molecular weight is 281 g/mol. The van der Waals surface area contributed by atoms with Crippen molar-refractivity contribution in [1.29, 1.82) is 0 Å². The number of hydrogen-bond acceptors (Lipinski definition) is 3. The zero-order valence-electron chi connectivity index (χ0n) is 12.6. The molecule has 2 N–H and O–H groups in total. The second-order valence-corrected chi connectivity index (χ2v) is 5.07. The number of ether oxygens (including phenoxy) is 1. The highest BCUT2D eigenvalue weighted by atomic mass is 16.5. The van der Waals surface area contributed by atoms with Gasteiger partial charge in [-0.3, -0.25) is 0 Å². The summed E-state index contributed by atoms with van der Waals surface area (Å²) in [6, 6.07) is 12.0. The fraction of sp³-hybridized carbons (Fsp3) is 0.235. The quantitative estimate of drug-likeness (QED) is 0.746. The zero-order valence-corrected chi connectivity index (χ0v) is 12.6. The molecule has 2 aromatic carbocycles. The molecule has 0 spiro atoms. The summed E-state index contributed by atoms with van der Waals surface area (Å²) in [7, 11) is 1.66. The largest absolute Gasteiger partial charge is 0.497 e. The number of methoxy groups -OCH3 is 1. The van der Waals surface area contributed by atoms with Gasteiger partial charge in [-0.05, 0) is 37.6 Å². The minimum absolute atomic E-state index is 0.787. The number of nitrogens with two attached hydrogens (primary N) is 1. The van der Waals surface area contributed by atoms with Crippen molar-refractivity contribution in [2.75, 3.05) is 12.8 Å². The van der Waals surface area contributed by atoms with Gasteiger partial charge in [0, 0.05) is 23.9 Å². The molecule has 4 nitrogen and oxygen atoms in total. The van der Waals surface area contributed by atoms with E-state index in [1.54, 1.807) is 7.11 Å². The topological polar surface area (TPSA) is 53.1 Å². The lowest BCUT2D eigenvalue weighted by atomic mass is 10.1. The Bertz CT molecular complexity index is 805. The maximum absolute atomic E-state index is 6.24. The highest BCUT2D eigenvalue weighted by Gasteiger charge is 2.15. The minimum Gasteiger partial charge on any atom is -0.497 e. The molecule has 0 bridgehead atoms. The first-order chi connectivity index (χ1) is 10.2. The lowest BCUT2D eigenvalue weighted by molar-refractivity contribution is 0.415. The number of para-hydroxylation sites is 1. The summed E-state index contributed by atoms with van der Waals surface area (Å²) in [6.07, 6.45) is 0. The van der Waals surface area contributed by atoms with Crippen molar-refractivity contribution in [3.05, 3.63) is 42.0 Å². The number of rotatable bonds is 3. The third-order valence-electron chi connectivity index (χ3n) is 3.84. The van der Waals surface area contributed by atoms with Crippen LogP contribution in [0.3, 0.4) is 0 Å². The van der Waals surface area contributed by atoms with Gasteiger partial charge < -0.3 is 15.0 Å². The number of aryl methyl sites for hydroxylation is 2. The second-order valence-electron chi connectivity index (χ2n) is 5.07. The van der Waals surface area contributed by atoms with Crippen LogP contribution >= 0.6 is 0 Å².